The van der Waals surface area contributed by atoms with Crippen molar-refractivity contribution in [3.05, 3.63) is 12.0 Å². The van der Waals surface area contributed by atoms with E-state index in [1.807, 2.05) is 6.92 Å². The number of carbonyl (C=O) groups is 1. The lowest BCUT2D eigenvalue weighted by Gasteiger charge is -2.28. The van der Waals surface area contributed by atoms with Gasteiger partial charge in [0.1, 0.15) is 6.26 Å². The first-order valence-corrected chi connectivity index (χ1v) is 6.15. The summed E-state index contributed by atoms with van der Waals surface area (Å²) in [5, 5.41) is 5.93. The Morgan fingerprint density at radius 3 is 3.18 bits per heavy atom. The minimum Gasteiger partial charge on any atom is -0.432 e. The maximum Gasteiger partial charge on any atom is 0.301 e. The molecule has 0 bridgehead atoms. The maximum absolute atomic E-state index is 12.0. The molecule has 2 heterocycles. The van der Waals surface area contributed by atoms with Crippen molar-refractivity contribution in [3.63, 3.8) is 0 Å². The Kier molecular flexibility index (Phi) is 3.78. The lowest BCUT2D eigenvalue weighted by Crippen LogP contribution is -2.46. The molecule has 2 atom stereocenters. The van der Waals surface area contributed by atoms with E-state index in [-0.39, 0.29) is 18.0 Å². The van der Waals surface area contributed by atoms with E-state index < -0.39 is 0 Å². The third kappa shape index (κ3) is 3.06. The van der Waals surface area contributed by atoms with Crippen LogP contribution in [0.15, 0.2) is 10.7 Å². The molecule has 5 nitrogen and oxygen atoms in total. The maximum atomic E-state index is 12.0. The van der Waals surface area contributed by atoms with Gasteiger partial charge in [0.15, 0.2) is 0 Å². The van der Waals surface area contributed by atoms with Gasteiger partial charge in [-0.05, 0) is 32.2 Å². The molecule has 1 aromatic heterocycles. The first-order valence-electron chi connectivity index (χ1n) is 6.15. The first kappa shape index (κ1) is 12.1. The summed E-state index contributed by atoms with van der Waals surface area (Å²) in [5.41, 5.74) is 0.767. The first-order chi connectivity index (χ1) is 8.19. The van der Waals surface area contributed by atoms with Crippen molar-refractivity contribution >= 4 is 11.9 Å². The molecule has 94 valence electrons. The highest BCUT2D eigenvalue weighted by atomic mass is 16.4. The molecule has 0 aromatic carbocycles. The van der Waals surface area contributed by atoms with Gasteiger partial charge in [0.2, 0.25) is 5.91 Å². The number of nitrogens with zero attached hydrogens (tertiary/aromatic N) is 1. The summed E-state index contributed by atoms with van der Waals surface area (Å²) in [4.78, 5) is 16.0. The fourth-order valence-corrected chi connectivity index (χ4v) is 2.17. The van der Waals surface area contributed by atoms with E-state index in [0.29, 0.717) is 5.92 Å². The van der Waals surface area contributed by atoms with E-state index in [2.05, 4.69) is 22.5 Å². The summed E-state index contributed by atoms with van der Waals surface area (Å²) in [7, 11) is 0. The van der Waals surface area contributed by atoms with Crippen LogP contribution in [-0.4, -0.2) is 23.5 Å². The summed E-state index contributed by atoms with van der Waals surface area (Å²) >= 11 is 0. The molecule has 2 N–H and O–H groups in total. The minimum atomic E-state index is -0.124. The molecule has 0 spiro atoms. The van der Waals surface area contributed by atoms with Gasteiger partial charge in [-0.15, -0.1) is 0 Å². The topological polar surface area (TPSA) is 67.2 Å². The van der Waals surface area contributed by atoms with E-state index in [4.69, 9.17) is 4.42 Å². The van der Waals surface area contributed by atoms with Crippen LogP contribution in [0, 0.1) is 12.8 Å². The van der Waals surface area contributed by atoms with Crippen LogP contribution in [0.3, 0.4) is 0 Å². The lowest BCUT2D eigenvalue weighted by atomic mass is 9.90. The SMILES string of the molecule is CCC1CCNC(C(=O)Nc2nc(C)co2)C1. The second kappa shape index (κ2) is 5.31. The van der Waals surface area contributed by atoms with E-state index >= 15 is 0 Å². The Hall–Kier alpha value is -1.36. The monoisotopic (exact) mass is 237 g/mol. The van der Waals surface area contributed by atoms with Gasteiger partial charge in [0.05, 0.1) is 11.7 Å². The summed E-state index contributed by atoms with van der Waals surface area (Å²) in [5.74, 6) is 0.586. The number of carbonyl (C=O) groups excluding carboxylic acids is 1. The van der Waals surface area contributed by atoms with Gasteiger partial charge < -0.3 is 9.73 Å². The minimum absolute atomic E-state index is 0.0509. The van der Waals surface area contributed by atoms with Crippen molar-refractivity contribution in [1.82, 2.24) is 10.3 Å². The quantitative estimate of drug-likeness (QED) is 0.839. The zero-order chi connectivity index (χ0) is 12.3. The van der Waals surface area contributed by atoms with Gasteiger partial charge >= 0.3 is 6.01 Å². The van der Waals surface area contributed by atoms with E-state index in [0.717, 1.165) is 31.5 Å². The predicted molar refractivity (Wildman–Crippen MR) is 64.7 cm³/mol. The van der Waals surface area contributed by atoms with Crippen molar-refractivity contribution in [2.24, 2.45) is 5.92 Å². The van der Waals surface area contributed by atoms with Crippen LogP contribution < -0.4 is 10.6 Å². The summed E-state index contributed by atoms with van der Waals surface area (Å²) in [6, 6.07) is 0.161. The zero-order valence-corrected chi connectivity index (χ0v) is 10.3. The van der Waals surface area contributed by atoms with Crippen molar-refractivity contribution < 1.29 is 9.21 Å². The Morgan fingerprint density at radius 1 is 1.71 bits per heavy atom. The van der Waals surface area contributed by atoms with E-state index in [9.17, 15) is 4.79 Å². The third-order valence-electron chi connectivity index (χ3n) is 3.26. The van der Waals surface area contributed by atoms with Crippen LogP contribution >= 0.6 is 0 Å². The molecule has 5 heteroatoms. The van der Waals surface area contributed by atoms with Gasteiger partial charge in [-0.1, -0.05) is 13.3 Å². The molecule has 1 amide bonds. The van der Waals surface area contributed by atoms with Crippen LogP contribution in [0.2, 0.25) is 0 Å². The standard InChI is InChI=1S/C12H19N3O2/c1-3-9-4-5-13-10(6-9)11(16)15-12-14-8(2)7-17-12/h7,9-10,13H,3-6H2,1-2H3,(H,14,15,16). The van der Waals surface area contributed by atoms with Crippen LogP contribution in [0.4, 0.5) is 6.01 Å². The smallest absolute Gasteiger partial charge is 0.301 e. The van der Waals surface area contributed by atoms with Crippen LogP contribution in [-0.2, 0) is 4.79 Å². The number of nitrogens with one attached hydrogen (secondary N) is 2. The molecular weight excluding hydrogens is 218 g/mol. The average molecular weight is 237 g/mol. The number of piperidine rings is 1. The summed E-state index contributed by atoms with van der Waals surface area (Å²) < 4.78 is 5.11. The predicted octanol–water partition coefficient (Wildman–Crippen LogP) is 1.70. The molecule has 1 fully saturated rings. The van der Waals surface area contributed by atoms with Gasteiger partial charge in [-0.3, -0.25) is 10.1 Å². The largest absolute Gasteiger partial charge is 0.432 e. The third-order valence-corrected chi connectivity index (χ3v) is 3.26. The van der Waals surface area contributed by atoms with E-state index in [1.54, 1.807) is 0 Å². The van der Waals surface area contributed by atoms with Crippen LogP contribution in [0.5, 0.6) is 0 Å². The van der Waals surface area contributed by atoms with Gasteiger partial charge in [0.25, 0.3) is 0 Å². The second-order valence-corrected chi connectivity index (χ2v) is 4.59. The van der Waals surface area contributed by atoms with Crippen molar-refractivity contribution in [2.75, 3.05) is 11.9 Å². The number of hydrogen-bond acceptors (Lipinski definition) is 4. The number of aromatic nitrogens is 1. The van der Waals surface area contributed by atoms with Crippen molar-refractivity contribution in [2.45, 2.75) is 39.2 Å². The molecule has 1 aliphatic heterocycles. The number of oxazole rings is 1. The van der Waals surface area contributed by atoms with Gasteiger partial charge in [-0.2, -0.15) is 4.98 Å². The molecule has 0 saturated carbocycles. The van der Waals surface area contributed by atoms with Gasteiger partial charge in [0, 0.05) is 0 Å². The molecule has 2 rings (SSSR count). The molecule has 1 aromatic rings. The number of anilines is 1. The zero-order valence-electron chi connectivity index (χ0n) is 10.3. The number of rotatable bonds is 3. The Balaban J connectivity index is 1.91. The molecule has 1 aliphatic rings. The molecule has 1 saturated heterocycles. The Bertz CT molecular complexity index is 389. The molecule has 2 unspecified atom stereocenters. The number of aryl methyl sites for hydroxylation is 1. The molecule has 0 radical (unpaired) electrons. The highest BCUT2D eigenvalue weighted by molar-refractivity contribution is 5.93. The van der Waals surface area contributed by atoms with Gasteiger partial charge in [-0.25, -0.2) is 0 Å². The molecular formula is C12H19N3O2. The fraction of sp³-hybridized carbons (Fsp3) is 0.667. The highest BCUT2D eigenvalue weighted by Crippen LogP contribution is 2.20. The lowest BCUT2D eigenvalue weighted by molar-refractivity contribution is -0.119. The van der Waals surface area contributed by atoms with Crippen molar-refractivity contribution in [3.8, 4) is 0 Å². The van der Waals surface area contributed by atoms with Crippen LogP contribution in [0.1, 0.15) is 31.9 Å². The van der Waals surface area contributed by atoms with E-state index in [1.165, 1.54) is 6.26 Å². The normalized spacial score (nSPS) is 24.6. The molecule has 0 aliphatic carbocycles. The number of hydrogen-bond donors (Lipinski definition) is 2. The summed E-state index contributed by atoms with van der Waals surface area (Å²) in [6.07, 6.45) is 4.70. The Morgan fingerprint density at radius 2 is 2.53 bits per heavy atom. The average Bonchev–Trinajstić information content (AvgIpc) is 2.75. The highest BCUT2D eigenvalue weighted by Gasteiger charge is 2.26. The Labute approximate surface area is 101 Å². The summed E-state index contributed by atoms with van der Waals surface area (Å²) in [6.45, 7) is 4.90. The second-order valence-electron chi connectivity index (χ2n) is 4.59. The van der Waals surface area contributed by atoms with Crippen molar-refractivity contribution in [1.29, 1.82) is 0 Å². The van der Waals surface area contributed by atoms with Crippen LogP contribution in [0.25, 0.3) is 0 Å². The molecule has 17 heavy (non-hydrogen) atoms. The fourth-order valence-electron chi connectivity index (χ4n) is 2.17. The number of amides is 1.